The molecule has 236 valence electrons. The maximum absolute atomic E-state index is 13.8. The van der Waals surface area contributed by atoms with Crippen LogP contribution in [-0.2, 0) is 14.4 Å². The first-order chi connectivity index (χ1) is 21.0. The summed E-state index contributed by atoms with van der Waals surface area (Å²) >= 11 is 6.14. The van der Waals surface area contributed by atoms with E-state index in [9.17, 15) is 23.6 Å². The van der Waals surface area contributed by atoms with Gasteiger partial charge in [-0.2, -0.15) is 0 Å². The molecule has 4 amide bonds. The van der Waals surface area contributed by atoms with E-state index in [2.05, 4.69) is 0 Å². The van der Waals surface area contributed by atoms with Crippen molar-refractivity contribution in [3.8, 4) is 5.75 Å². The third-order valence-electron chi connectivity index (χ3n) is 9.28. The minimum atomic E-state index is -0.595. The average molecular weight is 627 g/mol. The predicted molar refractivity (Wildman–Crippen MR) is 164 cm³/mol. The van der Waals surface area contributed by atoms with Crippen LogP contribution in [-0.4, -0.2) is 95.3 Å². The number of hydrogen-bond acceptors (Lipinski definition) is 5. The molecule has 11 heteroatoms. The highest BCUT2D eigenvalue weighted by Crippen LogP contribution is 2.34. The fourth-order valence-electron chi connectivity index (χ4n) is 6.64. The van der Waals surface area contributed by atoms with Crippen molar-refractivity contribution in [3.05, 3.63) is 64.9 Å². The zero-order chi connectivity index (χ0) is 31.5. The number of hydrogen-bond donors (Lipinski definition) is 0. The van der Waals surface area contributed by atoms with Gasteiger partial charge < -0.3 is 24.3 Å². The molecule has 9 nitrogen and oxygen atoms in total. The monoisotopic (exact) mass is 626 g/mol. The number of carbonyl (C=O) groups is 4. The third kappa shape index (κ3) is 7.01. The molecule has 3 unspecified atom stereocenters. The van der Waals surface area contributed by atoms with Crippen molar-refractivity contribution in [2.24, 2.45) is 11.8 Å². The van der Waals surface area contributed by atoms with Crippen molar-refractivity contribution in [1.82, 2.24) is 19.6 Å². The molecule has 3 heterocycles. The molecule has 44 heavy (non-hydrogen) atoms. The number of amides is 4. The summed E-state index contributed by atoms with van der Waals surface area (Å²) < 4.78 is 18.8. The minimum Gasteiger partial charge on any atom is -0.410 e. The van der Waals surface area contributed by atoms with Crippen LogP contribution in [0.5, 0.6) is 5.75 Å². The molecule has 0 saturated carbocycles. The largest absolute Gasteiger partial charge is 0.415 e. The van der Waals surface area contributed by atoms with Crippen LogP contribution in [0.25, 0.3) is 0 Å². The van der Waals surface area contributed by atoms with Crippen LogP contribution < -0.4 is 4.74 Å². The highest BCUT2D eigenvalue weighted by Gasteiger charge is 2.43. The molecule has 2 aromatic carbocycles. The van der Waals surface area contributed by atoms with Gasteiger partial charge in [0.05, 0.1) is 12.0 Å². The Kier molecular flexibility index (Phi) is 9.78. The molecule has 0 bridgehead atoms. The van der Waals surface area contributed by atoms with Gasteiger partial charge in [0, 0.05) is 69.1 Å². The summed E-state index contributed by atoms with van der Waals surface area (Å²) in [6, 6.07) is 12.4. The number of ether oxygens (including phenoxy) is 1. The SMILES string of the molecule is CC(C)N1CC(C(=O)N2CCC(C(=O)N3CC(c4ccc(Cl)cc4)C(N(C)C(=O)Oc4ccc(F)cc4)C3)CC2)CCC1=O. The van der Waals surface area contributed by atoms with Gasteiger partial charge in [0.2, 0.25) is 17.7 Å². The van der Waals surface area contributed by atoms with E-state index >= 15 is 0 Å². The topological polar surface area (TPSA) is 90.5 Å². The first-order valence-corrected chi connectivity index (χ1v) is 15.7. The van der Waals surface area contributed by atoms with Gasteiger partial charge in [-0.3, -0.25) is 14.4 Å². The lowest BCUT2D eigenvalue weighted by atomic mass is 9.91. The molecular formula is C33H40ClFN4O5. The van der Waals surface area contributed by atoms with Crippen LogP contribution in [0.2, 0.25) is 5.02 Å². The second-order valence-corrected chi connectivity index (χ2v) is 12.8. The maximum Gasteiger partial charge on any atom is 0.415 e. The van der Waals surface area contributed by atoms with Crippen LogP contribution in [0.4, 0.5) is 9.18 Å². The van der Waals surface area contributed by atoms with Crippen LogP contribution in [0.15, 0.2) is 48.5 Å². The van der Waals surface area contributed by atoms with E-state index in [0.717, 1.165) is 5.56 Å². The Bertz CT molecular complexity index is 1360. The van der Waals surface area contributed by atoms with E-state index in [-0.39, 0.29) is 53.3 Å². The Labute approximate surface area is 262 Å². The van der Waals surface area contributed by atoms with Crippen LogP contribution in [0.1, 0.15) is 51.0 Å². The Morgan fingerprint density at radius 3 is 2.16 bits per heavy atom. The van der Waals surface area contributed by atoms with Gasteiger partial charge in [-0.25, -0.2) is 9.18 Å². The molecule has 3 atom stereocenters. The minimum absolute atomic E-state index is 0.0214. The number of piperidine rings is 2. The third-order valence-corrected chi connectivity index (χ3v) is 9.53. The van der Waals surface area contributed by atoms with Crippen LogP contribution in [0, 0.1) is 17.7 Å². The average Bonchev–Trinajstić information content (AvgIpc) is 3.47. The highest BCUT2D eigenvalue weighted by molar-refractivity contribution is 6.30. The van der Waals surface area contributed by atoms with Crippen molar-refractivity contribution >= 4 is 35.4 Å². The Balaban J connectivity index is 1.23. The first kappa shape index (κ1) is 31.8. The summed E-state index contributed by atoms with van der Waals surface area (Å²) in [4.78, 5) is 59.5. The standard InChI is InChI=1S/C33H40ClFN4O5/c1-21(2)39-18-24(6-13-30(39)40)32(42)37-16-14-23(15-17-37)31(41)38-19-28(22-4-7-25(34)8-5-22)29(20-38)36(3)33(43)44-27-11-9-26(35)10-12-27/h4-5,7-12,21,23-24,28-29H,6,13-20H2,1-3H3. The number of likely N-dealkylation sites (tertiary alicyclic amines) is 3. The van der Waals surface area contributed by atoms with Crippen LogP contribution in [0.3, 0.4) is 0 Å². The Morgan fingerprint density at radius 1 is 0.886 bits per heavy atom. The molecule has 3 aliphatic rings. The molecule has 0 N–H and O–H groups in total. The first-order valence-electron chi connectivity index (χ1n) is 15.3. The smallest absolute Gasteiger partial charge is 0.410 e. The van der Waals surface area contributed by atoms with Gasteiger partial charge >= 0.3 is 6.09 Å². The number of nitrogens with zero attached hydrogens (tertiary/aromatic N) is 4. The van der Waals surface area contributed by atoms with Gasteiger partial charge in [0.25, 0.3) is 0 Å². The lowest BCUT2D eigenvalue weighted by molar-refractivity contribution is -0.147. The normalized spacial score (nSPS) is 22.8. The zero-order valence-corrected chi connectivity index (χ0v) is 26.2. The van der Waals surface area contributed by atoms with Crippen LogP contribution >= 0.6 is 11.6 Å². The molecule has 0 aliphatic carbocycles. The number of carbonyl (C=O) groups excluding carboxylic acids is 4. The quantitative estimate of drug-likeness (QED) is 0.460. The van der Waals surface area contributed by atoms with Gasteiger partial charge in [-0.1, -0.05) is 23.7 Å². The summed E-state index contributed by atoms with van der Waals surface area (Å²) in [5.74, 6) is -0.593. The van der Waals surface area contributed by atoms with E-state index in [1.165, 1.54) is 29.2 Å². The number of halogens is 2. The Morgan fingerprint density at radius 2 is 1.52 bits per heavy atom. The predicted octanol–water partition coefficient (Wildman–Crippen LogP) is 4.79. The van der Waals surface area contributed by atoms with Crippen molar-refractivity contribution in [1.29, 1.82) is 0 Å². The van der Waals surface area contributed by atoms with Crippen molar-refractivity contribution in [3.63, 3.8) is 0 Å². The molecule has 0 aromatic heterocycles. The summed E-state index contributed by atoms with van der Waals surface area (Å²) in [5.41, 5.74) is 0.956. The molecule has 3 aliphatic heterocycles. The fourth-order valence-corrected chi connectivity index (χ4v) is 6.77. The Hall–Kier alpha value is -3.66. The number of likely N-dealkylation sites (N-methyl/N-ethyl adjacent to an activating group) is 1. The molecule has 5 rings (SSSR count). The van der Waals surface area contributed by atoms with E-state index in [4.69, 9.17) is 16.3 Å². The highest BCUT2D eigenvalue weighted by atomic mass is 35.5. The van der Waals surface area contributed by atoms with E-state index in [1.807, 2.05) is 35.8 Å². The molecule has 3 saturated heterocycles. The van der Waals surface area contributed by atoms with Crippen molar-refractivity contribution < 1.29 is 28.3 Å². The fraction of sp³-hybridized carbons (Fsp3) is 0.515. The summed E-state index contributed by atoms with van der Waals surface area (Å²) in [5, 5.41) is 0.596. The lowest BCUT2D eigenvalue weighted by Gasteiger charge is -2.39. The molecular weight excluding hydrogens is 587 g/mol. The van der Waals surface area contributed by atoms with E-state index < -0.39 is 11.9 Å². The summed E-state index contributed by atoms with van der Waals surface area (Å²) in [7, 11) is 1.65. The second kappa shape index (κ2) is 13.5. The second-order valence-electron chi connectivity index (χ2n) is 12.4. The summed E-state index contributed by atoms with van der Waals surface area (Å²) in [6.45, 7) is 6.16. The maximum atomic E-state index is 13.8. The van der Waals surface area contributed by atoms with E-state index in [0.29, 0.717) is 63.4 Å². The molecule has 0 spiro atoms. The molecule has 3 fully saturated rings. The van der Waals surface area contributed by atoms with Gasteiger partial charge in [-0.05, 0) is 75.1 Å². The van der Waals surface area contributed by atoms with Gasteiger partial charge in [-0.15, -0.1) is 0 Å². The lowest BCUT2D eigenvalue weighted by Crippen LogP contribution is -2.51. The number of rotatable bonds is 6. The molecule has 0 radical (unpaired) electrons. The number of benzene rings is 2. The van der Waals surface area contributed by atoms with Crippen molar-refractivity contribution in [2.75, 3.05) is 39.8 Å². The summed E-state index contributed by atoms with van der Waals surface area (Å²) in [6.07, 6.45) is 1.50. The van der Waals surface area contributed by atoms with Gasteiger partial charge in [0.15, 0.2) is 0 Å². The van der Waals surface area contributed by atoms with Crippen molar-refractivity contribution in [2.45, 2.75) is 57.5 Å². The molecule has 2 aromatic rings. The van der Waals surface area contributed by atoms with Gasteiger partial charge in [0.1, 0.15) is 11.6 Å². The van der Waals surface area contributed by atoms with E-state index in [1.54, 1.807) is 24.1 Å². The zero-order valence-electron chi connectivity index (χ0n) is 25.5.